The van der Waals surface area contributed by atoms with Gasteiger partial charge in [-0.2, -0.15) is 0 Å². The van der Waals surface area contributed by atoms with E-state index in [0.29, 0.717) is 18.1 Å². The van der Waals surface area contributed by atoms with Gasteiger partial charge in [0, 0.05) is 29.9 Å². The van der Waals surface area contributed by atoms with Crippen molar-refractivity contribution >= 4 is 5.82 Å². The van der Waals surface area contributed by atoms with Crippen molar-refractivity contribution in [2.24, 2.45) is 0 Å². The summed E-state index contributed by atoms with van der Waals surface area (Å²) in [4.78, 5) is 7.23. The van der Waals surface area contributed by atoms with E-state index in [-0.39, 0.29) is 0 Å². The van der Waals surface area contributed by atoms with Gasteiger partial charge in [-0.25, -0.2) is 4.98 Å². The second-order valence-electron chi connectivity index (χ2n) is 6.24. The molecule has 2 atom stereocenters. The number of hydrogen-bond acceptors (Lipinski definition) is 3. The van der Waals surface area contributed by atoms with Crippen LogP contribution in [0.15, 0.2) is 18.3 Å². The normalized spacial score (nSPS) is 21.9. The molecule has 0 aliphatic carbocycles. The van der Waals surface area contributed by atoms with Crippen LogP contribution < -0.4 is 5.32 Å². The van der Waals surface area contributed by atoms with Crippen LogP contribution in [0.25, 0.3) is 0 Å². The smallest absolute Gasteiger partial charge is 0.130 e. The molecule has 1 N–H and O–H groups in total. The van der Waals surface area contributed by atoms with Gasteiger partial charge in [0.1, 0.15) is 5.82 Å². The molecule has 1 aliphatic heterocycles. The van der Waals surface area contributed by atoms with Crippen molar-refractivity contribution in [3.63, 3.8) is 0 Å². The summed E-state index contributed by atoms with van der Waals surface area (Å²) < 4.78 is 0. The number of pyridine rings is 1. The van der Waals surface area contributed by atoms with Gasteiger partial charge in [-0.3, -0.25) is 4.90 Å². The Morgan fingerprint density at radius 1 is 1.35 bits per heavy atom. The Kier molecular flexibility index (Phi) is 5.41. The second-order valence-corrected chi connectivity index (χ2v) is 6.24. The topological polar surface area (TPSA) is 28.2 Å². The third-order valence-electron chi connectivity index (χ3n) is 4.40. The summed E-state index contributed by atoms with van der Waals surface area (Å²) in [6, 6.07) is 5.91. The lowest BCUT2D eigenvalue weighted by Gasteiger charge is -2.39. The van der Waals surface area contributed by atoms with Crippen molar-refractivity contribution in [1.82, 2.24) is 9.88 Å². The van der Waals surface area contributed by atoms with Gasteiger partial charge in [0.2, 0.25) is 0 Å². The number of nitrogens with zero attached hydrogens (tertiary/aromatic N) is 2. The van der Waals surface area contributed by atoms with E-state index >= 15 is 0 Å². The Morgan fingerprint density at radius 3 is 2.85 bits per heavy atom. The predicted molar refractivity (Wildman–Crippen MR) is 86.0 cm³/mol. The van der Waals surface area contributed by atoms with Crippen LogP contribution >= 0.6 is 0 Å². The molecule has 1 aliphatic rings. The fraction of sp³-hybridized carbons (Fsp3) is 0.706. The van der Waals surface area contributed by atoms with Crippen LogP contribution in [0.1, 0.15) is 65.0 Å². The molecule has 0 saturated carbocycles. The average Bonchev–Trinajstić information content (AvgIpc) is 2.47. The number of likely N-dealkylation sites (tertiary alicyclic amines) is 1. The Balaban J connectivity index is 2.25. The molecule has 112 valence electrons. The molecule has 1 aromatic rings. The minimum Gasteiger partial charge on any atom is -0.367 e. The number of aromatic nitrogens is 1. The first-order valence-corrected chi connectivity index (χ1v) is 8.10. The van der Waals surface area contributed by atoms with E-state index in [0.717, 1.165) is 12.2 Å². The van der Waals surface area contributed by atoms with E-state index in [1.807, 2.05) is 6.20 Å². The van der Waals surface area contributed by atoms with Crippen molar-refractivity contribution in [1.29, 1.82) is 0 Å². The number of piperidine rings is 1. The zero-order chi connectivity index (χ0) is 14.5. The van der Waals surface area contributed by atoms with Crippen LogP contribution in [-0.4, -0.2) is 28.5 Å². The highest BCUT2D eigenvalue weighted by molar-refractivity contribution is 5.46. The Bertz CT molecular complexity index is 416. The van der Waals surface area contributed by atoms with E-state index in [1.165, 1.54) is 31.4 Å². The largest absolute Gasteiger partial charge is 0.367 e. The predicted octanol–water partition coefficient (Wildman–Crippen LogP) is 4.23. The third kappa shape index (κ3) is 3.51. The lowest BCUT2D eigenvalue weighted by molar-refractivity contribution is 0.112. The second kappa shape index (κ2) is 7.07. The molecule has 3 heteroatoms. The van der Waals surface area contributed by atoms with E-state index < -0.39 is 0 Å². The van der Waals surface area contributed by atoms with Crippen molar-refractivity contribution in [2.45, 2.75) is 71.5 Å². The maximum Gasteiger partial charge on any atom is 0.130 e. The van der Waals surface area contributed by atoms with Crippen LogP contribution in [0.3, 0.4) is 0 Å². The van der Waals surface area contributed by atoms with E-state index in [2.05, 4.69) is 55.0 Å². The third-order valence-corrected chi connectivity index (χ3v) is 4.40. The highest BCUT2D eigenvalue weighted by Crippen LogP contribution is 2.35. The minimum atomic E-state index is 0.472. The molecule has 3 nitrogen and oxygen atoms in total. The van der Waals surface area contributed by atoms with Gasteiger partial charge in [-0.05, 0) is 52.6 Å². The first kappa shape index (κ1) is 15.3. The average molecular weight is 275 g/mol. The van der Waals surface area contributed by atoms with E-state index in [1.54, 1.807) is 0 Å². The Hall–Kier alpha value is -1.09. The molecule has 20 heavy (non-hydrogen) atoms. The van der Waals surface area contributed by atoms with E-state index in [4.69, 9.17) is 0 Å². The molecule has 2 unspecified atom stereocenters. The molecule has 0 spiro atoms. The molecular weight excluding hydrogens is 246 g/mol. The molecule has 0 amide bonds. The SMILES string of the molecule is CCC(C)Nc1ncccc1C1CCCCN1C(C)C. The highest BCUT2D eigenvalue weighted by Gasteiger charge is 2.28. The molecule has 0 radical (unpaired) electrons. The summed E-state index contributed by atoms with van der Waals surface area (Å²) in [7, 11) is 0. The molecule has 2 rings (SSSR count). The highest BCUT2D eigenvalue weighted by atomic mass is 15.2. The van der Waals surface area contributed by atoms with Crippen LogP contribution in [0.2, 0.25) is 0 Å². The standard InChI is InChI=1S/C17H29N3/c1-5-14(4)19-17-15(9-8-11-18-17)16-10-6-7-12-20(16)13(2)3/h8-9,11,13-14,16H,5-7,10,12H2,1-4H3,(H,18,19). The summed E-state index contributed by atoms with van der Waals surface area (Å²) >= 11 is 0. The number of hydrogen-bond donors (Lipinski definition) is 1. The number of nitrogens with one attached hydrogen (secondary N) is 1. The molecule has 0 bridgehead atoms. The molecule has 1 saturated heterocycles. The lowest BCUT2D eigenvalue weighted by atomic mass is 9.94. The summed E-state index contributed by atoms with van der Waals surface area (Å²) in [6.45, 7) is 10.2. The number of rotatable bonds is 5. The summed E-state index contributed by atoms with van der Waals surface area (Å²) in [5.74, 6) is 1.08. The Morgan fingerprint density at radius 2 is 2.15 bits per heavy atom. The minimum absolute atomic E-state index is 0.472. The van der Waals surface area contributed by atoms with Crippen LogP contribution in [-0.2, 0) is 0 Å². The fourth-order valence-corrected chi connectivity index (χ4v) is 3.05. The molecule has 0 aromatic carbocycles. The van der Waals surface area contributed by atoms with E-state index in [9.17, 15) is 0 Å². The molecule has 1 aromatic heterocycles. The van der Waals surface area contributed by atoms with Crippen LogP contribution in [0, 0.1) is 0 Å². The van der Waals surface area contributed by atoms with Crippen molar-refractivity contribution in [3.05, 3.63) is 23.9 Å². The van der Waals surface area contributed by atoms with Gasteiger partial charge in [0.25, 0.3) is 0 Å². The zero-order valence-electron chi connectivity index (χ0n) is 13.4. The summed E-state index contributed by atoms with van der Waals surface area (Å²) in [5.41, 5.74) is 1.38. The molecule has 1 fully saturated rings. The van der Waals surface area contributed by atoms with Crippen LogP contribution in [0.4, 0.5) is 5.82 Å². The quantitative estimate of drug-likeness (QED) is 0.871. The monoisotopic (exact) mass is 275 g/mol. The van der Waals surface area contributed by atoms with Gasteiger partial charge in [0.15, 0.2) is 0 Å². The molecular formula is C17H29N3. The summed E-state index contributed by atoms with van der Waals surface area (Å²) in [5, 5.41) is 3.58. The molecule has 2 heterocycles. The van der Waals surface area contributed by atoms with Gasteiger partial charge in [-0.15, -0.1) is 0 Å². The van der Waals surface area contributed by atoms with Gasteiger partial charge < -0.3 is 5.32 Å². The maximum atomic E-state index is 4.60. The maximum absolute atomic E-state index is 4.60. The summed E-state index contributed by atoms with van der Waals surface area (Å²) in [6.07, 6.45) is 6.92. The van der Waals surface area contributed by atoms with Gasteiger partial charge in [0.05, 0.1) is 0 Å². The van der Waals surface area contributed by atoms with Crippen molar-refractivity contribution in [2.75, 3.05) is 11.9 Å². The zero-order valence-corrected chi connectivity index (χ0v) is 13.4. The Labute approximate surface area is 123 Å². The lowest BCUT2D eigenvalue weighted by Crippen LogP contribution is -2.39. The van der Waals surface area contributed by atoms with Crippen LogP contribution in [0.5, 0.6) is 0 Å². The van der Waals surface area contributed by atoms with Gasteiger partial charge in [-0.1, -0.05) is 19.4 Å². The first-order chi connectivity index (χ1) is 9.63. The fourth-order valence-electron chi connectivity index (χ4n) is 3.05. The van der Waals surface area contributed by atoms with Crippen molar-refractivity contribution < 1.29 is 0 Å². The first-order valence-electron chi connectivity index (χ1n) is 8.10. The van der Waals surface area contributed by atoms with Gasteiger partial charge >= 0.3 is 0 Å². The number of anilines is 1. The van der Waals surface area contributed by atoms with Crippen molar-refractivity contribution in [3.8, 4) is 0 Å².